The fourth-order valence-electron chi connectivity index (χ4n) is 3.82. The second-order valence-corrected chi connectivity index (χ2v) is 7.07. The second-order valence-electron chi connectivity index (χ2n) is 7.07. The molecule has 0 bridgehead atoms. The minimum Gasteiger partial charge on any atom is -0.372 e. The molecule has 4 nitrogen and oxygen atoms in total. The maximum atomic E-state index is 12.7. The molecule has 2 N–H and O–H groups in total. The number of amides is 1. The number of rotatable bonds is 4. The zero-order valence-corrected chi connectivity index (χ0v) is 15.2. The molecule has 4 heteroatoms. The molecule has 1 aliphatic heterocycles. The molecule has 1 fully saturated rings. The number of carbonyl (C=O) groups excluding carboxylic acids is 1. The largest absolute Gasteiger partial charge is 0.372 e. The van der Waals surface area contributed by atoms with Gasteiger partial charge >= 0.3 is 0 Å². The monoisotopic (exact) mass is 347 g/mol. The fraction of sp³-hybridized carbons (Fsp3) is 0.318. The minimum absolute atomic E-state index is 0.0277. The normalized spacial score (nSPS) is 14.6. The van der Waals surface area contributed by atoms with E-state index in [2.05, 4.69) is 39.5 Å². The van der Waals surface area contributed by atoms with Crippen LogP contribution in [0.2, 0.25) is 0 Å². The number of aryl methyl sites for hydroxylation is 1. The third kappa shape index (κ3) is 3.32. The molecule has 0 saturated carbocycles. The Morgan fingerprint density at radius 3 is 2.54 bits per heavy atom. The van der Waals surface area contributed by atoms with Gasteiger partial charge in [0.2, 0.25) is 0 Å². The number of hydrogen-bond donors (Lipinski definition) is 2. The van der Waals surface area contributed by atoms with Gasteiger partial charge in [-0.3, -0.25) is 4.79 Å². The quantitative estimate of drug-likeness (QED) is 0.735. The summed E-state index contributed by atoms with van der Waals surface area (Å²) in [5, 5.41) is 4.04. The van der Waals surface area contributed by atoms with Gasteiger partial charge in [-0.15, -0.1) is 0 Å². The maximum absolute atomic E-state index is 12.7. The summed E-state index contributed by atoms with van der Waals surface area (Å²) in [5.74, 6) is -0.0277. The van der Waals surface area contributed by atoms with Crippen LogP contribution in [0.15, 0.2) is 48.5 Å². The van der Waals surface area contributed by atoms with Gasteiger partial charge in [0.05, 0.1) is 5.56 Å². The van der Waals surface area contributed by atoms with Crippen LogP contribution in [0.1, 0.15) is 40.9 Å². The highest BCUT2D eigenvalue weighted by molar-refractivity contribution is 6.08. The summed E-state index contributed by atoms with van der Waals surface area (Å²) in [4.78, 5) is 18.4. The van der Waals surface area contributed by atoms with Gasteiger partial charge < -0.3 is 15.2 Å². The van der Waals surface area contributed by atoms with Crippen molar-refractivity contribution < 1.29 is 4.79 Å². The van der Waals surface area contributed by atoms with Crippen LogP contribution in [0.5, 0.6) is 0 Å². The highest BCUT2D eigenvalue weighted by atomic mass is 16.1. The van der Waals surface area contributed by atoms with E-state index in [1.54, 1.807) is 0 Å². The molecule has 0 unspecified atom stereocenters. The topological polar surface area (TPSA) is 48.1 Å². The van der Waals surface area contributed by atoms with E-state index >= 15 is 0 Å². The highest BCUT2D eigenvalue weighted by Gasteiger charge is 2.15. The third-order valence-corrected chi connectivity index (χ3v) is 5.23. The summed E-state index contributed by atoms with van der Waals surface area (Å²) in [5.41, 5.74) is 5.06. The van der Waals surface area contributed by atoms with Crippen LogP contribution in [0.25, 0.3) is 10.9 Å². The molecular weight excluding hydrogens is 322 g/mol. The molecule has 134 valence electrons. The molecule has 0 radical (unpaired) electrons. The van der Waals surface area contributed by atoms with Crippen molar-refractivity contribution in [3.8, 4) is 0 Å². The van der Waals surface area contributed by atoms with Crippen LogP contribution in [0.4, 0.5) is 5.69 Å². The first-order valence-electron chi connectivity index (χ1n) is 9.42. The number of para-hydroxylation sites is 1. The van der Waals surface area contributed by atoms with Crippen molar-refractivity contribution in [2.24, 2.45) is 0 Å². The van der Waals surface area contributed by atoms with Crippen molar-refractivity contribution in [1.29, 1.82) is 0 Å². The Hall–Kier alpha value is -2.75. The molecule has 1 saturated heterocycles. The molecule has 0 aliphatic carbocycles. The highest BCUT2D eigenvalue weighted by Crippen LogP contribution is 2.22. The molecule has 26 heavy (non-hydrogen) atoms. The predicted molar refractivity (Wildman–Crippen MR) is 107 cm³/mol. The number of fused-ring (bicyclic) bond motifs is 1. The van der Waals surface area contributed by atoms with E-state index in [0.29, 0.717) is 6.54 Å². The van der Waals surface area contributed by atoms with Gasteiger partial charge in [0, 0.05) is 41.9 Å². The summed E-state index contributed by atoms with van der Waals surface area (Å²) in [6.45, 7) is 4.78. The summed E-state index contributed by atoms with van der Waals surface area (Å²) in [7, 11) is 0. The van der Waals surface area contributed by atoms with Crippen LogP contribution in [0, 0.1) is 6.92 Å². The predicted octanol–water partition coefficient (Wildman–Crippen LogP) is 4.40. The van der Waals surface area contributed by atoms with Crippen LogP contribution in [-0.2, 0) is 6.54 Å². The zero-order chi connectivity index (χ0) is 17.9. The van der Waals surface area contributed by atoms with E-state index in [-0.39, 0.29) is 5.91 Å². The molecule has 2 aromatic carbocycles. The minimum atomic E-state index is -0.0277. The average molecular weight is 347 g/mol. The lowest BCUT2D eigenvalue weighted by molar-refractivity contribution is 0.0952. The van der Waals surface area contributed by atoms with Crippen molar-refractivity contribution in [2.45, 2.75) is 32.7 Å². The van der Waals surface area contributed by atoms with Gasteiger partial charge in [0.15, 0.2) is 0 Å². The van der Waals surface area contributed by atoms with Crippen molar-refractivity contribution in [3.63, 3.8) is 0 Å². The number of anilines is 1. The fourth-order valence-corrected chi connectivity index (χ4v) is 3.82. The first-order chi connectivity index (χ1) is 12.7. The Balaban J connectivity index is 1.43. The van der Waals surface area contributed by atoms with Gasteiger partial charge in [-0.25, -0.2) is 0 Å². The van der Waals surface area contributed by atoms with Gasteiger partial charge in [-0.1, -0.05) is 30.3 Å². The number of hydrogen-bond acceptors (Lipinski definition) is 2. The molecule has 4 rings (SSSR count). The number of aromatic nitrogens is 1. The molecule has 0 atom stereocenters. The SMILES string of the molecule is Cc1[nH]c2ccccc2c1C(=O)NCc1ccc(N2CCCCC2)cc1. The molecule has 1 aliphatic rings. The van der Waals surface area contributed by atoms with Crippen LogP contribution in [0.3, 0.4) is 0 Å². The van der Waals surface area contributed by atoms with Crippen LogP contribution in [-0.4, -0.2) is 24.0 Å². The number of carbonyl (C=O) groups is 1. The van der Waals surface area contributed by atoms with Gasteiger partial charge in [0.1, 0.15) is 0 Å². The van der Waals surface area contributed by atoms with Crippen molar-refractivity contribution >= 4 is 22.5 Å². The van der Waals surface area contributed by atoms with E-state index in [1.807, 2.05) is 31.2 Å². The summed E-state index contributed by atoms with van der Waals surface area (Å²) in [6.07, 6.45) is 3.90. The van der Waals surface area contributed by atoms with E-state index in [1.165, 1.54) is 24.9 Å². The van der Waals surface area contributed by atoms with Crippen molar-refractivity contribution in [3.05, 3.63) is 65.4 Å². The number of aromatic amines is 1. The summed E-state index contributed by atoms with van der Waals surface area (Å²) in [6, 6.07) is 16.5. The number of benzene rings is 2. The maximum Gasteiger partial charge on any atom is 0.253 e. The Kier molecular flexibility index (Phi) is 4.65. The second kappa shape index (κ2) is 7.24. The van der Waals surface area contributed by atoms with Crippen LogP contribution >= 0.6 is 0 Å². The lowest BCUT2D eigenvalue weighted by Gasteiger charge is -2.28. The molecule has 1 aromatic heterocycles. The van der Waals surface area contributed by atoms with Crippen LogP contribution < -0.4 is 10.2 Å². The lowest BCUT2D eigenvalue weighted by Crippen LogP contribution is -2.29. The van der Waals surface area contributed by atoms with E-state index in [9.17, 15) is 4.79 Å². The third-order valence-electron chi connectivity index (χ3n) is 5.23. The molecule has 2 heterocycles. The van der Waals surface area contributed by atoms with Gasteiger partial charge in [0.25, 0.3) is 5.91 Å². The standard InChI is InChI=1S/C22H25N3O/c1-16-21(19-7-3-4-8-20(19)24-16)22(26)23-15-17-9-11-18(12-10-17)25-13-5-2-6-14-25/h3-4,7-12,24H,2,5-6,13-15H2,1H3,(H,23,26). The number of piperidine rings is 1. The number of H-pyrrole nitrogens is 1. The lowest BCUT2D eigenvalue weighted by atomic mass is 10.1. The van der Waals surface area contributed by atoms with Gasteiger partial charge in [-0.2, -0.15) is 0 Å². The molecule has 1 amide bonds. The van der Waals surface area contributed by atoms with Crippen molar-refractivity contribution in [2.75, 3.05) is 18.0 Å². The van der Waals surface area contributed by atoms with Crippen molar-refractivity contribution in [1.82, 2.24) is 10.3 Å². The molecule has 0 spiro atoms. The summed E-state index contributed by atoms with van der Waals surface area (Å²) >= 11 is 0. The van der Waals surface area contributed by atoms with Gasteiger partial charge in [-0.05, 0) is 49.9 Å². The first-order valence-corrected chi connectivity index (χ1v) is 9.42. The average Bonchev–Trinajstić information content (AvgIpc) is 3.03. The Morgan fingerprint density at radius 2 is 1.77 bits per heavy atom. The molecule has 3 aromatic rings. The molecular formula is C22H25N3O. The Labute approximate surface area is 154 Å². The Morgan fingerprint density at radius 1 is 1.04 bits per heavy atom. The number of nitrogens with zero attached hydrogens (tertiary/aromatic N) is 1. The Bertz CT molecular complexity index is 905. The first kappa shape index (κ1) is 16.7. The smallest absolute Gasteiger partial charge is 0.253 e. The van der Waals surface area contributed by atoms with E-state index in [0.717, 1.165) is 40.8 Å². The number of nitrogens with one attached hydrogen (secondary N) is 2. The summed E-state index contributed by atoms with van der Waals surface area (Å²) < 4.78 is 0. The van der Waals surface area contributed by atoms with E-state index < -0.39 is 0 Å². The van der Waals surface area contributed by atoms with E-state index in [4.69, 9.17) is 0 Å². The zero-order valence-electron chi connectivity index (χ0n) is 15.2.